The van der Waals surface area contributed by atoms with Gasteiger partial charge >= 0.3 is 0 Å². The second kappa shape index (κ2) is 5.50. The van der Waals surface area contributed by atoms with E-state index in [1.807, 2.05) is 6.07 Å². The predicted molar refractivity (Wildman–Crippen MR) is 57.8 cm³/mol. The number of hydrogen-bond donors (Lipinski definition) is 3. The van der Waals surface area contributed by atoms with Crippen molar-refractivity contribution in [3.05, 3.63) is 43.0 Å². The van der Waals surface area contributed by atoms with Crippen molar-refractivity contribution in [2.75, 3.05) is 11.6 Å². The molecule has 0 bridgehead atoms. The van der Waals surface area contributed by atoms with Gasteiger partial charge in [-0.3, -0.25) is 10.3 Å². The highest BCUT2D eigenvalue weighted by Crippen LogP contribution is 2.11. The van der Waals surface area contributed by atoms with Gasteiger partial charge in [0.05, 0.1) is 18.3 Å². The number of aliphatic hydroxyl groups excluding tert-OH is 2. The first kappa shape index (κ1) is 11.7. The normalized spacial score (nSPS) is 14.3. The molecule has 0 fully saturated rings. The first-order valence-electron chi connectivity index (χ1n) is 4.65. The van der Waals surface area contributed by atoms with E-state index in [0.29, 0.717) is 5.69 Å². The summed E-state index contributed by atoms with van der Waals surface area (Å²) in [7, 11) is 0. The molecule has 0 saturated heterocycles. The molecule has 4 heteroatoms. The van der Waals surface area contributed by atoms with Crippen LogP contribution in [-0.4, -0.2) is 34.2 Å². The SMILES string of the molecule is C=C[C@H](O)[C@H](O)CN(O)c1ccccc1. The quantitative estimate of drug-likeness (QED) is 0.495. The fourth-order valence-corrected chi connectivity index (χ4v) is 1.15. The van der Waals surface area contributed by atoms with Crippen molar-refractivity contribution in [3.63, 3.8) is 0 Å². The number of rotatable bonds is 5. The van der Waals surface area contributed by atoms with Crippen LogP contribution in [-0.2, 0) is 0 Å². The molecule has 0 heterocycles. The van der Waals surface area contributed by atoms with E-state index >= 15 is 0 Å². The summed E-state index contributed by atoms with van der Waals surface area (Å²) < 4.78 is 0. The van der Waals surface area contributed by atoms with Gasteiger partial charge in [0.15, 0.2) is 0 Å². The molecule has 0 saturated carbocycles. The van der Waals surface area contributed by atoms with Crippen LogP contribution in [0, 0.1) is 0 Å². The molecule has 1 aromatic carbocycles. The molecule has 0 radical (unpaired) electrons. The summed E-state index contributed by atoms with van der Waals surface area (Å²) in [6, 6.07) is 8.77. The first-order valence-corrected chi connectivity index (χ1v) is 4.65. The van der Waals surface area contributed by atoms with Crippen molar-refractivity contribution in [1.29, 1.82) is 0 Å². The Labute approximate surface area is 88.7 Å². The minimum absolute atomic E-state index is 0.0722. The molecule has 3 N–H and O–H groups in total. The van der Waals surface area contributed by atoms with Gasteiger partial charge in [0, 0.05) is 0 Å². The zero-order valence-electron chi connectivity index (χ0n) is 8.32. The molecular weight excluding hydrogens is 194 g/mol. The van der Waals surface area contributed by atoms with Crippen LogP contribution in [0.5, 0.6) is 0 Å². The van der Waals surface area contributed by atoms with Crippen LogP contribution < -0.4 is 5.06 Å². The minimum atomic E-state index is -1.06. The van der Waals surface area contributed by atoms with Crippen LogP contribution >= 0.6 is 0 Å². The molecule has 0 aliphatic rings. The van der Waals surface area contributed by atoms with Crippen LogP contribution in [0.25, 0.3) is 0 Å². The zero-order chi connectivity index (χ0) is 11.3. The van der Waals surface area contributed by atoms with E-state index in [2.05, 4.69) is 6.58 Å². The highest BCUT2D eigenvalue weighted by Gasteiger charge is 2.16. The zero-order valence-corrected chi connectivity index (χ0v) is 8.32. The third-order valence-electron chi connectivity index (χ3n) is 2.05. The molecule has 0 aliphatic carbocycles. The molecule has 0 unspecified atom stereocenters. The number of benzene rings is 1. The lowest BCUT2D eigenvalue weighted by Crippen LogP contribution is -2.36. The lowest BCUT2D eigenvalue weighted by atomic mass is 10.2. The van der Waals surface area contributed by atoms with E-state index in [1.54, 1.807) is 24.3 Å². The van der Waals surface area contributed by atoms with E-state index in [0.717, 1.165) is 5.06 Å². The van der Waals surface area contributed by atoms with Crippen molar-refractivity contribution < 1.29 is 15.4 Å². The summed E-state index contributed by atoms with van der Waals surface area (Å²) in [5.41, 5.74) is 0.563. The molecular formula is C11H15NO3. The number of aliphatic hydroxyl groups is 2. The summed E-state index contributed by atoms with van der Waals surface area (Å²) in [5, 5.41) is 29.1. The van der Waals surface area contributed by atoms with Crippen molar-refractivity contribution in [2.24, 2.45) is 0 Å². The van der Waals surface area contributed by atoms with Crippen LogP contribution in [0.4, 0.5) is 5.69 Å². The topological polar surface area (TPSA) is 63.9 Å². The van der Waals surface area contributed by atoms with Crippen molar-refractivity contribution in [2.45, 2.75) is 12.2 Å². The number of para-hydroxylation sites is 1. The van der Waals surface area contributed by atoms with Crippen LogP contribution in [0.3, 0.4) is 0 Å². The van der Waals surface area contributed by atoms with E-state index in [9.17, 15) is 15.4 Å². The summed E-state index contributed by atoms with van der Waals surface area (Å²) in [6.45, 7) is 3.28. The summed E-state index contributed by atoms with van der Waals surface area (Å²) in [5.74, 6) is 0. The molecule has 0 aliphatic heterocycles. The molecule has 1 rings (SSSR count). The van der Waals surface area contributed by atoms with Gasteiger partial charge in [-0.15, -0.1) is 6.58 Å². The van der Waals surface area contributed by atoms with Gasteiger partial charge in [-0.1, -0.05) is 24.3 Å². The van der Waals surface area contributed by atoms with E-state index in [4.69, 9.17) is 0 Å². The maximum absolute atomic E-state index is 9.56. The second-order valence-electron chi connectivity index (χ2n) is 3.21. The molecule has 4 nitrogen and oxygen atoms in total. The molecule has 2 atom stereocenters. The maximum Gasteiger partial charge on any atom is 0.103 e. The van der Waals surface area contributed by atoms with Crippen molar-refractivity contribution >= 4 is 5.69 Å². The maximum atomic E-state index is 9.56. The standard InChI is InChI=1S/C11H15NO3/c1-2-10(13)11(14)8-12(15)9-6-4-3-5-7-9/h2-7,10-11,13-15H,1,8H2/t10-,11+/m0/s1. The van der Waals surface area contributed by atoms with E-state index in [-0.39, 0.29) is 6.54 Å². The number of hydroxylamine groups is 1. The van der Waals surface area contributed by atoms with Gasteiger partial charge < -0.3 is 10.2 Å². The third-order valence-corrected chi connectivity index (χ3v) is 2.05. The Bertz CT molecular complexity index is 302. The number of nitrogens with zero attached hydrogens (tertiary/aromatic N) is 1. The highest BCUT2D eigenvalue weighted by atomic mass is 16.5. The Morgan fingerprint density at radius 2 is 1.87 bits per heavy atom. The van der Waals surface area contributed by atoms with Crippen LogP contribution in [0.15, 0.2) is 43.0 Å². The fraction of sp³-hybridized carbons (Fsp3) is 0.273. The predicted octanol–water partition coefficient (Wildman–Crippen LogP) is 0.790. The largest absolute Gasteiger partial charge is 0.388 e. The van der Waals surface area contributed by atoms with Crippen LogP contribution in [0.1, 0.15) is 0 Å². The second-order valence-corrected chi connectivity index (χ2v) is 3.21. The minimum Gasteiger partial charge on any atom is -0.388 e. The lowest BCUT2D eigenvalue weighted by molar-refractivity contribution is 0.0390. The third kappa shape index (κ3) is 3.36. The van der Waals surface area contributed by atoms with Crippen molar-refractivity contribution in [1.82, 2.24) is 0 Å². The molecule has 1 aromatic rings. The molecule has 82 valence electrons. The Morgan fingerprint density at radius 1 is 1.27 bits per heavy atom. The van der Waals surface area contributed by atoms with Gasteiger partial charge in [-0.2, -0.15) is 0 Å². The van der Waals surface area contributed by atoms with Gasteiger partial charge in [0.2, 0.25) is 0 Å². The van der Waals surface area contributed by atoms with Crippen molar-refractivity contribution in [3.8, 4) is 0 Å². The average Bonchev–Trinajstić information content (AvgIpc) is 2.29. The average molecular weight is 209 g/mol. The van der Waals surface area contributed by atoms with Gasteiger partial charge in [-0.25, -0.2) is 0 Å². The number of anilines is 1. The fourth-order valence-electron chi connectivity index (χ4n) is 1.15. The highest BCUT2D eigenvalue weighted by molar-refractivity contribution is 5.42. The lowest BCUT2D eigenvalue weighted by Gasteiger charge is -2.22. The summed E-state index contributed by atoms with van der Waals surface area (Å²) >= 11 is 0. The molecule has 15 heavy (non-hydrogen) atoms. The Kier molecular flexibility index (Phi) is 4.30. The van der Waals surface area contributed by atoms with E-state index < -0.39 is 12.2 Å². The Hall–Kier alpha value is -1.36. The summed E-state index contributed by atoms with van der Waals surface area (Å²) in [6.07, 6.45) is -0.875. The summed E-state index contributed by atoms with van der Waals surface area (Å²) in [4.78, 5) is 0. The van der Waals surface area contributed by atoms with E-state index in [1.165, 1.54) is 6.08 Å². The van der Waals surface area contributed by atoms with Crippen LogP contribution in [0.2, 0.25) is 0 Å². The Balaban J connectivity index is 2.56. The monoisotopic (exact) mass is 209 g/mol. The molecule has 0 aromatic heterocycles. The van der Waals surface area contributed by atoms with Gasteiger partial charge in [0.25, 0.3) is 0 Å². The molecule has 0 amide bonds. The number of hydrogen-bond acceptors (Lipinski definition) is 4. The smallest absolute Gasteiger partial charge is 0.103 e. The Morgan fingerprint density at radius 3 is 2.40 bits per heavy atom. The van der Waals surface area contributed by atoms with Gasteiger partial charge in [0.1, 0.15) is 6.10 Å². The first-order chi connectivity index (χ1) is 7.15. The molecule has 0 spiro atoms. The van der Waals surface area contributed by atoms with Gasteiger partial charge in [-0.05, 0) is 12.1 Å².